The van der Waals surface area contributed by atoms with Gasteiger partial charge in [0.05, 0.1) is 14.2 Å². The van der Waals surface area contributed by atoms with Gasteiger partial charge in [0.25, 0.3) is 5.91 Å². The number of rotatable bonds is 4. The fourth-order valence-electron chi connectivity index (χ4n) is 1.16. The van der Waals surface area contributed by atoms with Crippen molar-refractivity contribution < 1.29 is 14.3 Å². The SMILES string of the molecule is CNNC(=O)c1ccc(OC)c(OC)c1. The van der Waals surface area contributed by atoms with Crippen LogP contribution in [0.15, 0.2) is 18.2 Å². The molecule has 0 saturated heterocycles. The van der Waals surface area contributed by atoms with Gasteiger partial charge >= 0.3 is 0 Å². The van der Waals surface area contributed by atoms with Crippen LogP contribution in [-0.4, -0.2) is 27.2 Å². The Morgan fingerprint density at radius 2 is 1.87 bits per heavy atom. The lowest BCUT2D eigenvalue weighted by Gasteiger charge is -2.09. The molecule has 0 fully saturated rings. The molecule has 1 amide bonds. The molecule has 0 radical (unpaired) electrons. The van der Waals surface area contributed by atoms with Crippen molar-refractivity contribution in [2.45, 2.75) is 0 Å². The minimum atomic E-state index is -0.224. The first-order chi connectivity index (χ1) is 7.22. The average Bonchev–Trinajstić information content (AvgIpc) is 2.28. The number of hydrogen-bond acceptors (Lipinski definition) is 4. The molecule has 1 aromatic carbocycles. The molecule has 0 heterocycles. The average molecular weight is 210 g/mol. The normalized spacial score (nSPS) is 9.53. The minimum absolute atomic E-state index is 0.224. The summed E-state index contributed by atoms with van der Waals surface area (Å²) < 4.78 is 10.1. The second kappa shape index (κ2) is 5.21. The number of carbonyl (C=O) groups is 1. The van der Waals surface area contributed by atoms with Gasteiger partial charge in [0.2, 0.25) is 0 Å². The molecule has 15 heavy (non-hydrogen) atoms. The first kappa shape index (κ1) is 11.3. The van der Waals surface area contributed by atoms with Crippen molar-refractivity contribution in [2.24, 2.45) is 0 Å². The number of methoxy groups -OCH3 is 2. The van der Waals surface area contributed by atoms with E-state index in [1.54, 1.807) is 32.4 Å². The van der Waals surface area contributed by atoms with Gasteiger partial charge < -0.3 is 9.47 Å². The van der Waals surface area contributed by atoms with Crippen molar-refractivity contribution in [3.8, 4) is 11.5 Å². The third-order valence-corrected chi connectivity index (χ3v) is 1.88. The summed E-state index contributed by atoms with van der Waals surface area (Å²) in [5.41, 5.74) is 5.53. The maximum absolute atomic E-state index is 11.4. The van der Waals surface area contributed by atoms with E-state index < -0.39 is 0 Å². The maximum atomic E-state index is 11.4. The second-order valence-corrected chi connectivity index (χ2v) is 2.77. The molecule has 1 rings (SSSR count). The number of hydrazine groups is 1. The topological polar surface area (TPSA) is 59.6 Å². The molecule has 5 heteroatoms. The van der Waals surface area contributed by atoms with Crippen LogP contribution in [0, 0.1) is 0 Å². The zero-order valence-corrected chi connectivity index (χ0v) is 8.96. The van der Waals surface area contributed by atoms with E-state index in [0.29, 0.717) is 17.1 Å². The lowest BCUT2D eigenvalue weighted by atomic mass is 10.2. The van der Waals surface area contributed by atoms with Crippen LogP contribution in [0.3, 0.4) is 0 Å². The number of amides is 1. The third kappa shape index (κ3) is 2.60. The first-order valence-electron chi connectivity index (χ1n) is 4.42. The molecule has 0 bridgehead atoms. The lowest BCUT2D eigenvalue weighted by molar-refractivity contribution is 0.0937. The number of carbonyl (C=O) groups excluding carboxylic acids is 1. The van der Waals surface area contributed by atoms with Gasteiger partial charge in [0.15, 0.2) is 11.5 Å². The summed E-state index contributed by atoms with van der Waals surface area (Å²) >= 11 is 0. The van der Waals surface area contributed by atoms with Gasteiger partial charge in [-0.1, -0.05) is 0 Å². The summed E-state index contributed by atoms with van der Waals surface area (Å²) in [6.07, 6.45) is 0. The molecule has 1 aromatic rings. The number of hydrogen-bond donors (Lipinski definition) is 2. The van der Waals surface area contributed by atoms with Gasteiger partial charge in [0, 0.05) is 12.6 Å². The van der Waals surface area contributed by atoms with Crippen LogP contribution in [-0.2, 0) is 0 Å². The molecule has 0 aromatic heterocycles. The summed E-state index contributed by atoms with van der Waals surface area (Å²) in [7, 11) is 4.70. The highest BCUT2D eigenvalue weighted by atomic mass is 16.5. The molecule has 0 spiro atoms. The zero-order chi connectivity index (χ0) is 11.3. The molecule has 0 unspecified atom stereocenters. The van der Waals surface area contributed by atoms with Crippen molar-refractivity contribution in [3.05, 3.63) is 23.8 Å². The lowest BCUT2D eigenvalue weighted by Crippen LogP contribution is -2.34. The van der Waals surface area contributed by atoms with Crippen molar-refractivity contribution in [3.63, 3.8) is 0 Å². The molecular formula is C10H14N2O3. The van der Waals surface area contributed by atoms with Crippen LogP contribution in [0.5, 0.6) is 11.5 Å². The van der Waals surface area contributed by atoms with E-state index in [9.17, 15) is 4.79 Å². The Kier molecular flexibility index (Phi) is 3.93. The quantitative estimate of drug-likeness (QED) is 0.713. The second-order valence-electron chi connectivity index (χ2n) is 2.77. The van der Waals surface area contributed by atoms with Crippen LogP contribution in [0.4, 0.5) is 0 Å². The Morgan fingerprint density at radius 3 is 2.40 bits per heavy atom. The number of benzene rings is 1. The molecule has 0 aliphatic carbocycles. The van der Waals surface area contributed by atoms with Crippen LogP contribution in [0.1, 0.15) is 10.4 Å². The Labute approximate surface area is 88.3 Å². The van der Waals surface area contributed by atoms with Crippen LogP contribution >= 0.6 is 0 Å². The van der Waals surface area contributed by atoms with Crippen molar-refractivity contribution in [1.82, 2.24) is 10.9 Å². The predicted molar refractivity (Wildman–Crippen MR) is 56.1 cm³/mol. The van der Waals surface area contributed by atoms with E-state index in [0.717, 1.165) is 0 Å². The zero-order valence-electron chi connectivity index (χ0n) is 8.96. The third-order valence-electron chi connectivity index (χ3n) is 1.88. The van der Waals surface area contributed by atoms with Crippen LogP contribution in [0.2, 0.25) is 0 Å². The van der Waals surface area contributed by atoms with E-state index in [1.165, 1.54) is 7.11 Å². The Hall–Kier alpha value is -1.75. The molecule has 5 nitrogen and oxygen atoms in total. The maximum Gasteiger partial charge on any atom is 0.265 e. The summed E-state index contributed by atoms with van der Waals surface area (Å²) in [6.45, 7) is 0. The highest BCUT2D eigenvalue weighted by Crippen LogP contribution is 2.27. The Morgan fingerprint density at radius 1 is 1.20 bits per heavy atom. The van der Waals surface area contributed by atoms with Crippen molar-refractivity contribution >= 4 is 5.91 Å². The van der Waals surface area contributed by atoms with E-state index >= 15 is 0 Å². The smallest absolute Gasteiger partial charge is 0.265 e. The van der Waals surface area contributed by atoms with E-state index in [-0.39, 0.29) is 5.91 Å². The summed E-state index contributed by atoms with van der Waals surface area (Å²) in [4.78, 5) is 11.4. The van der Waals surface area contributed by atoms with E-state index in [2.05, 4.69) is 10.9 Å². The highest BCUT2D eigenvalue weighted by Gasteiger charge is 2.09. The number of nitrogens with one attached hydrogen (secondary N) is 2. The molecule has 82 valence electrons. The molecule has 0 aliphatic heterocycles. The number of ether oxygens (including phenoxy) is 2. The van der Waals surface area contributed by atoms with Crippen molar-refractivity contribution in [2.75, 3.05) is 21.3 Å². The first-order valence-corrected chi connectivity index (χ1v) is 4.42. The van der Waals surface area contributed by atoms with Gasteiger partial charge in [-0.2, -0.15) is 0 Å². The van der Waals surface area contributed by atoms with Gasteiger partial charge in [0.1, 0.15) is 0 Å². The van der Waals surface area contributed by atoms with E-state index in [1.807, 2.05) is 0 Å². The molecule has 2 N–H and O–H groups in total. The summed E-state index contributed by atoms with van der Waals surface area (Å²) in [5.74, 6) is 0.901. The summed E-state index contributed by atoms with van der Waals surface area (Å²) in [6, 6.07) is 4.96. The monoisotopic (exact) mass is 210 g/mol. The minimum Gasteiger partial charge on any atom is -0.493 e. The van der Waals surface area contributed by atoms with Gasteiger partial charge in [-0.05, 0) is 18.2 Å². The van der Waals surface area contributed by atoms with Crippen LogP contribution < -0.4 is 20.3 Å². The largest absolute Gasteiger partial charge is 0.493 e. The van der Waals surface area contributed by atoms with Crippen LogP contribution in [0.25, 0.3) is 0 Å². The predicted octanol–water partition coefficient (Wildman–Crippen LogP) is 0.568. The van der Waals surface area contributed by atoms with Gasteiger partial charge in [-0.15, -0.1) is 0 Å². The fraction of sp³-hybridized carbons (Fsp3) is 0.300. The highest BCUT2D eigenvalue weighted by molar-refractivity contribution is 5.94. The molecular weight excluding hydrogens is 196 g/mol. The van der Waals surface area contributed by atoms with Gasteiger partial charge in [-0.25, -0.2) is 5.43 Å². The summed E-state index contributed by atoms with van der Waals surface area (Å²) in [5, 5.41) is 0. The standard InChI is InChI=1S/C10H14N2O3/c1-11-12-10(13)7-4-5-8(14-2)9(6-7)15-3/h4-6,11H,1-3H3,(H,12,13). The van der Waals surface area contributed by atoms with Gasteiger partial charge in [-0.3, -0.25) is 10.2 Å². The van der Waals surface area contributed by atoms with E-state index in [4.69, 9.17) is 9.47 Å². The fourth-order valence-corrected chi connectivity index (χ4v) is 1.16. The molecule has 0 aliphatic rings. The Balaban J connectivity index is 2.97. The molecule has 0 saturated carbocycles. The molecule has 0 atom stereocenters. The Bertz CT molecular complexity index is 353. The van der Waals surface area contributed by atoms with Crippen molar-refractivity contribution in [1.29, 1.82) is 0 Å².